The van der Waals surface area contributed by atoms with Crippen molar-refractivity contribution in [3.05, 3.63) is 80.1 Å². The Morgan fingerprint density at radius 2 is 1.82 bits per heavy atom. The number of para-hydroxylation sites is 1. The van der Waals surface area contributed by atoms with Crippen molar-refractivity contribution in [1.29, 1.82) is 0 Å². The molecule has 22 heavy (non-hydrogen) atoms. The monoisotopic (exact) mass is 419 g/mol. The van der Waals surface area contributed by atoms with E-state index < -0.39 is 0 Å². The minimum absolute atomic E-state index is 0.266. The lowest BCUT2D eigenvalue weighted by molar-refractivity contribution is 0.474. The fourth-order valence-corrected chi connectivity index (χ4v) is 3.20. The lowest BCUT2D eigenvalue weighted by Crippen LogP contribution is -2.05. The Bertz CT molecular complexity index is 779. The molecule has 0 unspecified atom stereocenters. The highest BCUT2D eigenvalue weighted by molar-refractivity contribution is 14.1. The van der Waals surface area contributed by atoms with Crippen LogP contribution in [-0.4, -0.2) is 10.8 Å². The number of halogens is 1. The fraction of sp³-hybridized carbons (Fsp3) is 0.0556. The van der Waals surface area contributed by atoms with Crippen molar-refractivity contribution in [3.8, 4) is 5.75 Å². The second-order valence-corrected chi connectivity index (χ2v) is 6.89. The number of hydrogen-bond acceptors (Lipinski definition) is 3. The predicted molar refractivity (Wildman–Crippen MR) is 101 cm³/mol. The van der Waals surface area contributed by atoms with E-state index in [0.717, 1.165) is 17.0 Å². The van der Waals surface area contributed by atoms with Crippen molar-refractivity contribution >= 4 is 45.3 Å². The van der Waals surface area contributed by atoms with Crippen LogP contribution in [0.2, 0.25) is 0 Å². The quantitative estimate of drug-likeness (QED) is 0.445. The summed E-state index contributed by atoms with van der Waals surface area (Å²) in [6.07, 6.45) is 0.701. The Kier molecular flexibility index (Phi) is 4.90. The van der Waals surface area contributed by atoms with E-state index in [4.69, 9.17) is 4.99 Å². The van der Waals surface area contributed by atoms with Crippen molar-refractivity contribution < 1.29 is 5.11 Å². The molecule has 4 heteroatoms. The lowest BCUT2D eigenvalue weighted by Gasteiger charge is -2.08. The maximum atomic E-state index is 10.2. The van der Waals surface area contributed by atoms with Crippen LogP contribution in [-0.2, 0) is 6.42 Å². The molecule has 0 aliphatic carbocycles. The molecule has 0 bridgehead atoms. The first-order valence-corrected chi connectivity index (χ1v) is 8.87. The zero-order valence-corrected chi connectivity index (χ0v) is 14.7. The van der Waals surface area contributed by atoms with E-state index in [1.54, 1.807) is 17.4 Å². The molecule has 1 heterocycles. The molecule has 0 fully saturated rings. The van der Waals surface area contributed by atoms with Crippen LogP contribution in [0.5, 0.6) is 5.75 Å². The third-order valence-electron chi connectivity index (χ3n) is 3.26. The summed E-state index contributed by atoms with van der Waals surface area (Å²) in [5.41, 5.74) is 3.76. The van der Waals surface area contributed by atoms with E-state index in [2.05, 4.69) is 39.4 Å². The van der Waals surface area contributed by atoms with E-state index in [1.165, 1.54) is 9.13 Å². The zero-order valence-electron chi connectivity index (χ0n) is 11.7. The van der Waals surface area contributed by atoms with Gasteiger partial charge < -0.3 is 5.11 Å². The second kappa shape index (κ2) is 7.07. The predicted octanol–water partition coefficient (Wildman–Crippen LogP) is 5.42. The number of nitrogens with zero attached hydrogens (tertiary/aromatic N) is 1. The van der Waals surface area contributed by atoms with Crippen LogP contribution in [0.15, 0.2) is 70.3 Å². The van der Waals surface area contributed by atoms with Crippen molar-refractivity contribution in [2.45, 2.75) is 6.42 Å². The number of phenols is 1. The number of hydrogen-bond donors (Lipinski definition) is 1. The van der Waals surface area contributed by atoms with Crippen LogP contribution in [0, 0.1) is 3.57 Å². The van der Waals surface area contributed by atoms with Gasteiger partial charge in [-0.2, -0.15) is 11.3 Å². The maximum absolute atomic E-state index is 10.2. The number of aliphatic imine (C=N–C) groups is 1. The van der Waals surface area contributed by atoms with Crippen LogP contribution in [0.1, 0.15) is 11.1 Å². The number of thiophene rings is 1. The van der Waals surface area contributed by atoms with Gasteiger partial charge in [0, 0.05) is 15.6 Å². The normalized spacial score (nSPS) is 11.6. The van der Waals surface area contributed by atoms with Gasteiger partial charge in [0.1, 0.15) is 5.75 Å². The average Bonchev–Trinajstić information content (AvgIpc) is 3.02. The fourth-order valence-electron chi connectivity index (χ4n) is 2.17. The first-order chi connectivity index (χ1) is 10.7. The van der Waals surface area contributed by atoms with Crippen LogP contribution in [0.4, 0.5) is 5.69 Å². The lowest BCUT2D eigenvalue weighted by atomic mass is 10.0. The topological polar surface area (TPSA) is 32.6 Å². The summed E-state index contributed by atoms with van der Waals surface area (Å²) in [5, 5.41) is 14.3. The number of benzene rings is 2. The van der Waals surface area contributed by atoms with E-state index >= 15 is 0 Å². The van der Waals surface area contributed by atoms with Gasteiger partial charge in [0.2, 0.25) is 0 Å². The van der Waals surface area contributed by atoms with Gasteiger partial charge in [-0.3, -0.25) is 4.99 Å². The Balaban J connectivity index is 2.02. The molecule has 0 spiro atoms. The molecule has 110 valence electrons. The molecule has 0 aliphatic heterocycles. The second-order valence-electron chi connectivity index (χ2n) is 4.86. The highest BCUT2D eigenvalue weighted by Crippen LogP contribution is 2.23. The molecular formula is C18H14INOS. The smallest absolute Gasteiger partial charge is 0.124 e. The van der Waals surface area contributed by atoms with E-state index in [-0.39, 0.29) is 5.75 Å². The van der Waals surface area contributed by atoms with Gasteiger partial charge in [0.15, 0.2) is 0 Å². The third-order valence-corrected chi connectivity index (χ3v) is 4.71. The number of phenolic OH excluding ortho intramolecular Hbond substituents is 1. The number of aromatic hydroxyl groups is 1. The molecule has 2 aromatic carbocycles. The van der Waals surface area contributed by atoms with Gasteiger partial charge in [0.05, 0.1) is 11.4 Å². The van der Waals surface area contributed by atoms with Crippen molar-refractivity contribution in [2.24, 2.45) is 4.99 Å². The van der Waals surface area contributed by atoms with Crippen LogP contribution >= 0.6 is 33.9 Å². The average molecular weight is 419 g/mol. The van der Waals surface area contributed by atoms with Gasteiger partial charge in [-0.1, -0.05) is 12.1 Å². The molecule has 0 aliphatic rings. The highest BCUT2D eigenvalue weighted by atomic mass is 127. The van der Waals surface area contributed by atoms with E-state index in [0.29, 0.717) is 6.42 Å². The highest BCUT2D eigenvalue weighted by Gasteiger charge is 2.10. The Hall–Kier alpha value is -1.66. The van der Waals surface area contributed by atoms with Gasteiger partial charge in [0.25, 0.3) is 0 Å². The molecule has 0 atom stereocenters. The Labute approximate surface area is 147 Å². The van der Waals surface area contributed by atoms with Gasteiger partial charge in [-0.05, 0) is 81.4 Å². The zero-order chi connectivity index (χ0) is 15.4. The molecule has 2 nitrogen and oxygen atoms in total. The maximum Gasteiger partial charge on any atom is 0.124 e. The standard InChI is InChI=1S/C18H14INOS/c19-14-5-7-15(8-6-14)20-17(11-13-9-10-22-12-13)16-3-1-2-4-18(16)21/h1-10,12,21H,11H2. The van der Waals surface area contributed by atoms with Crippen molar-refractivity contribution in [1.82, 2.24) is 0 Å². The van der Waals surface area contributed by atoms with Crippen LogP contribution < -0.4 is 0 Å². The Morgan fingerprint density at radius 3 is 2.50 bits per heavy atom. The summed E-state index contributed by atoms with van der Waals surface area (Å²) >= 11 is 3.95. The summed E-state index contributed by atoms with van der Waals surface area (Å²) in [7, 11) is 0. The number of rotatable bonds is 4. The van der Waals surface area contributed by atoms with Gasteiger partial charge in [-0.25, -0.2) is 0 Å². The first kappa shape index (κ1) is 15.2. The van der Waals surface area contributed by atoms with Crippen molar-refractivity contribution in [2.75, 3.05) is 0 Å². The largest absolute Gasteiger partial charge is 0.507 e. The molecule has 0 saturated carbocycles. The molecule has 0 radical (unpaired) electrons. The van der Waals surface area contributed by atoms with Gasteiger partial charge >= 0.3 is 0 Å². The first-order valence-electron chi connectivity index (χ1n) is 6.85. The minimum atomic E-state index is 0.266. The summed E-state index contributed by atoms with van der Waals surface area (Å²) in [5.74, 6) is 0.266. The summed E-state index contributed by atoms with van der Waals surface area (Å²) in [6.45, 7) is 0. The van der Waals surface area contributed by atoms with Crippen molar-refractivity contribution in [3.63, 3.8) is 0 Å². The van der Waals surface area contributed by atoms with Gasteiger partial charge in [-0.15, -0.1) is 0 Å². The summed E-state index contributed by atoms with van der Waals surface area (Å²) in [6, 6.07) is 17.5. The minimum Gasteiger partial charge on any atom is -0.507 e. The third kappa shape index (κ3) is 3.75. The van der Waals surface area contributed by atoms with Crippen LogP contribution in [0.25, 0.3) is 0 Å². The summed E-state index contributed by atoms with van der Waals surface area (Å²) in [4.78, 5) is 4.76. The molecule has 1 aromatic heterocycles. The molecular weight excluding hydrogens is 405 g/mol. The molecule has 0 amide bonds. The molecule has 1 N–H and O–H groups in total. The van der Waals surface area contributed by atoms with Crippen LogP contribution in [0.3, 0.4) is 0 Å². The molecule has 3 rings (SSSR count). The van der Waals surface area contributed by atoms with E-state index in [1.807, 2.05) is 42.5 Å². The Morgan fingerprint density at radius 1 is 1.05 bits per heavy atom. The summed E-state index contributed by atoms with van der Waals surface area (Å²) < 4.78 is 1.18. The van der Waals surface area contributed by atoms with E-state index in [9.17, 15) is 5.11 Å². The molecule has 3 aromatic rings. The SMILES string of the molecule is Oc1ccccc1C(Cc1ccsc1)=Nc1ccc(I)cc1. The molecule has 0 saturated heterocycles.